The van der Waals surface area contributed by atoms with Crippen molar-refractivity contribution in [2.75, 3.05) is 13.7 Å². The van der Waals surface area contributed by atoms with Gasteiger partial charge in [0.25, 0.3) is 0 Å². The lowest BCUT2D eigenvalue weighted by Gasteiger charge is -2.38. The summed E-state index contributed by atoms with van der Waals surface area (Å²) in [5.41, 5.74) is 1.16. The van der Waals surface area contributed by atoms with Crippen LogP contribution in [0.4, 0.5) is 0 Å². The number of esters is 1. The molecule has 238 valence electrons. The fraction of sp³-hybridized carbons (Fsp3) is 0.758. The van der Waals surface area contributed by atoms with Crippen molar-refractivity contribution in [2.45, 2.75) is 140 Å². The van der Waals surface area contributed by atoms with Gasteiger partial charge in [0.2, 0.25) is 0 Å². The van der Waals surface area contributed by atoms with Crippen molar-refractivity contribution < 1.29 is 28.2 Å². The Balaban J connectivity index is 1.57. The Morgan fingerprint density at radius 1 is 1.21 bits per heavy atom. The van der Waals surface area contributed by atoms with Gasteiger partial charge in [0.1, 0.15) is 10.7 Å². The molecule has 42 heavy (non-hydrogen) atoms. The van der Waals surface area contributed by atoms with Crippen molar-refractivity contribution in [2.24, 2.45) is 5.92 Å². The first-order valence-electron chi connectivity index (χ1n) is 15.8. The highest BCUT2D eigenvalue weighted by Crippen LogP contribution is 2.42. The molecule has 6 nitrogen and oxygen atoms in total. The first-order valence-corrected chi connectivity index (χ1v) is 19.9. The highest BCUT2D eigenvalue weighted by Gasteiger charge is 2.40. The number of methoxy groups -OCH3 is 1. The molecule has 1 unspecified atom stereocenters. The Hall–Kier alpha value is -1.03. The minimum atomic E-state index is -1.81. The lowest BCUT2D eigenvalue weighted by molar-refractivity contribution is -0.179. The number of thiophene rings is 1. The summed E-state index contributed by atoms with van der Waals surface area (Å²) in [7, 11) is -0.403. The second-order valence-corrected chi connectivity index (χ2v) is 19.9. The van der Waals surface area contributed by atoms with Crippen molar-refractivity contribution in [3.63, 3.8) is 0 Å². The number of allylic oxidation sites excluding steroid dienone is 1. The Labute approximate surface area is 264 Å². The maximum Gasteiger partial charge on any atom is 0.348 e. The molecule has 1 saturated heterocycles. The molecule has 1 aromatic rings. The minimum Gasteiger partial charge on any atom is -0.465 e. The van der Waals surface area contributed by atoms with Crippen LogP contribution in [0.1, 0.15) is 106 Å². The summed E-state index contributed by atoms with van der Waals surface area (Å²) in [6.45, 7) is 14.2. The number of hydrogen-bond acceptors (Lipinski definition) is 7. The fourth-order valence-electron chi connectivity index (χ4n) is 5.60. The molecule has 1 saturated carbocycles. The van der Waals surface area contributed by atoms with Gasteiger partial charge in [-0.05, 0) is 106 Å². The van der Waals surface area contributed by atoms with Gasteiger partial charge in [-0.15, -0.1) is 22.9 Å². The third-order valence-electron chi connectivity index (χ3n) is 9.05. The van der Waals surface area contributed by atoms with Crippen molar-refractivity contribution in [3.8, 4) is 0 Å². The standard InChI is InChI=1S/C33H53ClO6SSi/c1-23(40-42(6,7)33(2,3)4)12-10-13-24(35)17-19-27-26(15-11-14-25-18-20-30(41-25)32(36)37-5)28(34)22-29(27)39-31-16-8-9-21-38-31/h18-20,23,26,28-29,31H,8-17,21-22H2,1-7H3/t23-,26-,28-,29-,31?/m1/s1. The van der Waals surface area contributed by atoms with E-state index in [2.05, 4.69) is 46.9 Å². The van der Waals surface area contributed by atoms with Crippen molar-refractivity contribution in [3.05, 3.63) is 33.5 Å². The largest absolute Gasteiger partial charge is 0.465 e. The molecule has 3 rings (SSSR count). The highest BCUT2D eigenvalue weighted by atomic mass is 35.5. The summed E-state index contributed by atoms with van der Waals surface area (Å²) in [5, 5.41) is 0.139. The summed E-state index contributed by atoms with van der Waals surface area (Å²) in [4.78, 5) is 26.6. The molecule has 0 amide bonds. The van der Waals surface area contributed by atoms with E-state index in [1.807, 2.05) is 12.1 Å². The van der Waals surface area contributed by atoms with Crippen LogP contribution in [0.5, 0.6) is 0 Å². The van der Waals surface area contributed by atoms with Crippen LogP contribution in [0.3, 0.4) is 0 Å². The van der Waals surface area contributed by atoms with Crippen LogP contribution in [0.2, 0.25) is 18.1 Å². The molecule has 0 aromatic carbocycles. The minimum absolute atomic E-state index is 0.0396. The van der Waals surface area contributed by atoms with E-state index in [-0.39, 0.29) is 46.6 Å². The average Bonchev–Trinajstić information content (AvgIpc) is 3.51. The van der Waals surface area contributed by atoms with E-state index in [4.69, 9.17) is 30.2 Å². The lowest BCUT2D eigenvalue weighted by Crippen LogP contribution is -2.43. The van der Waals surface area contributed by atoms with Crippen LogP contribution in [0, 0.1) is 5.92 Å². The summed E-state index contributed by atoms with van der Waals surface area (Å²) < 4.78 is 23.6. The fourth-order valence-corrected chi connectivity index (χ4v) is 8.47. The Morgan fingerprint density at radius 2 is 1.98 bits per heavy atom. The zero-order chi connectivity index (χ0) is 30.9. The molecule has 0 spiro atoms. The maximum absolute atomic E-state index is 13.0. The number of alkyl halides is 1. The van der Waals surface area contributed by atoms with Gasteiger partial charge in [-0.3, -0.25) is 4.79 Å². The first-order chi connectivity index (χ1) is 19.8. The summed E-state index contributed by atoms with van der Waals surface area (Å²) in [5.74, 6) is 0.117. The Bertz CT molecular complexity index is 1040. The second kappa shape index (κ2) is 16.3. The molecule has 5 atom stereocenters. The molecule has 1 aliphatic heterocycles. The van der Waals surface area contributed by atoms with Crippen molar-refractivity contribution in [1.29, 1.82) is 0 Å². The van der Waals surface area contributed by atoms with E-state index in [0.717, 1.165) is 74.8 Å². The predicted octanol–water partition coefficient (Wildman–Crippen LogP) is 8.86. The molecule has 2 fully saturated rings. The maximum atomic E-state index is 13.0. The van der Waals surface area contributed by atoms with Crippen LogP contribution in [-0.4, -0.2) is 57.7 Å². The molecular formula is C33H53ClO6SSi. The van der Waals surface area contributed by atoms with E-state index in [9.17, 15) is 9.59 Å². The van der Waals surface area contributed by atoms with Gasteiger partial charge in [0, 0.05) is 35.8 Å². The third-order valence-corrected chi connectivity index (χ3v) is 15.3. The zero-order valence-electron chi connectivity index (χ0n) is 26.8. The first kappa shape index (κ1) is 35.4. The van der Waals surface area contributed by atoms with E-state index in [1.165, 1.54) is 18.4 Å². The second-order valence-electron chi connectivity index (χ2n) is 13.5. The third kappa shape index (κ3) is 10.6. The van der Waals surface area contributed by atoms with Gasteiger partial charge in [0.05, 0.1) is 13.2 Å². The van der Waals surface area contributed by atoms with Crippen LogP contribution in [0.15, 0.2) is 23.8 Å². The number of Topliss-reactive ketones (excluding diaryl/α,β-unsaturated/α-hetero) is 1. The number of halogens is 1. The number of ketones is 1. The van der Waals surface area contributed by atoms with E-state index >= 15 is 0 Å². The number of hydrogen-bond donors (Lipinski definition) is 0. The topological polar surface area (TPSA) is 71.1 Å². The van der Waals surface area contributed by atoms with Crippen LogP contribution >= 0.6 is 22.9 Å². The Morgan fingerprint density at radius 3 is 2.64 bits per heavy atom. The number of carbonyl (C=O) groups excluding carboxylic acids is 2. The quantitative estimate of drug-likeness (QED) is 0.0825. The van der Waals surface area contributed by atoms with Crippen molar-refractivity contribution in [1.82, 2.24) is 0 Å². The molecule has 2 aliphatic rings. The summed E-state index contributed by atoms with van der Waals surface area (Å²) >= 11 is 8.42. The molecule has 1 aliphatic carbocycles. The normalized spacial score (nSPS) is 25.1. The average molecular weight is 641 g/mol. The Kier molecular flexibility index (Phi) is 13.8. The molecular weight excluding hydrogens is 588 g/mol. The van der Waals surface area contributed by atoms with Crippen molar-refractivity contribution >= 4 is 43.0 Å². The molecule has 0 N–H and O–H groups in total. The smallest absolute Gasteiger partial charge is 0.348 e. The van der Waals surface area contributed by atoms with Crippen LogP contribution in [-0.2, 0) is 29.9 Å². The summed E-state index contributed by atoms with van der Waals surface area (Å²) in [6.07, 6.45) is 11.2. The molecule has 9 heteroatoms. The van der Waals surface area contributed by atoms with Crippen LogP contribution < -0.4 is 0 Å². The van der Waals surface area contributed by atoms with Gasteiger partial charge < -0.3 is 18.6 Å². The number of carbonyl (C=O) groups is 2. The monoisotopic (exact) mass is 640 g/mol. The molecule has 1 aromatic heterocycles. The highest BCUT2D eigenvalue weighted by molar-refractivity contribution is 7.13. The van der Waals surface area contributed by atoms with E-state index in [1.54, 1.807) is 0 Å². The summed E-state index contributed by atoms with van der Waals surface area (Å²) in [6, 6.07) is 3.83. The number of rotatable bonds is 15. The van der Waals surface area contributed by atoms with Gasteiger partial charge in [0.15, 0.2) is 14.6 Å². The SMILES string of the molecule is COC(=O)c1ccc(CCC[C@@H]2C(=CCC(=O)CCC[C@@H](C)O[Si](C)(C)C(C)(C)C)[C@H](OC3CCCCO3)C[C@H]2Cl)s1. The molecule has 0 bridgehead atoms. The molecule has 2 heterocycles. The van der Waals surface area contributed by atoms with Gasteiger partial charge >= 0.3 is 5.97 Å². The number of ether oxygens (including phenoxy) is 3. The van der Waals surface area contributed by atoms with Gasteiger partial charge in [-0.1, -0.05) is 26.8 Å². The van der Waals surface area contributed by atoms with E-state index in [0.29, 0.717) is 17.7 Å². The number of aryl methyl sites for hydroxylation is 1. The molecule has 0 radical (unpaired) electrons. The van der Waals surface area contributed by atoms with Gasteiger partial charge in [-0.2, -0.15) is 0 Å². The van der Waals surface area contributed by atoms with Crippen LogP contribution in [0.25, 0.3) is 0 Å². The zero-order valence-corrected chi connectivity index (χ0v) is 29.4. The lowest BCUT2D eigenvalue weighted by atomic mass is 9.93. The van der Waals surface area contributed by atoms with Gasteiger partial charge in [-0.25, -0.2) is 4.79 Å². The van der Waals surface area contributed by atoms with E-state index < -0.39 is 8.32 Å². The predicted molar refractivity (Wildman–Crippen MR) is 174 cm³/mol.